The lowest BCUT2D eigenvalue weighted by Crippen LogP contribution is -2.50. The van der Waals surface area contributed by atoms with E-state index in [9.17, 15) is 9.59 Å². The highest BCUT2D eigenvalue weighted by Crippen LogP contribution is 1.89. The zero-order valence-electron chi connectivity index (χ0n) is 9.70. The van der Waals surface area contributed by atoms with Crippen LogP contribution in [-0.2, 0) is 4.79 Å². The molecular formula is C9H20N4O2. The second-order valence-electron chi connectivity index (χ2n) is 3.91. The van der Waals surface area contributed by atoms with Crippen molar-refractivity contribution >= 4 is 11.9 Å². The van der Waals surface area contributed by atoms with Crippen LogP contribution in [0.15, 0.2) is 0 Å². The first-order valence-electron chi connectivity index (χ1n) is 4.84. The normalized spacial score (nSPS) is 14.7. The molecule has 0 bridgehead atoms. The van der Waals surface area contributed by atoms with E-state index in [4.69, 9.17) is 5.73 Å². The summed E-state index contributed by atoms with van der Waals surface area (Å²) in [5, 5.41) is 5.08. The molecule has 0 saturated carbocycles. The van der Waals surface area contributed by atoms with Gasteiger partial charge in [0.2, 0.25) is 5.91 Å². The number of urea groups is 1. The highest BCUT2D eigenvalue weighted by molar-refractivity contribution is 5.96. The fourth-order valence-corrected chi connectivity index (χ4v) is 1.33. The van der Waals surface area contributed by atoms with Crippen LogP contribution < -0.4 is 16.4 Å². The Morgan fingerprint density at radius 1 is 1.33 bits per heavy atom. The van der Waals surface area contributed by atoms with Crippen LogP contribution in [0.1, 0.15) is 13.8 Å². The van der Waals surface area contributed by atoms with Gasteiger partial charge in [-0.15, -0.1) is 0 Å². The third-order valence-corrected chi connectivity index (χ3v) is 1.81. The van der Waals surface area contributed by atoms with Gasteiger partial charge in [0.25, 0.3) is 0 Å². The number of rotatable bonds is 5. The number of nitrogens with one attached hydrogen (secondary N) is 2. The minimum atomic E-state index is -0.825. The van der Waals surface area contributed by atoms with Crippen LogP contribution in [0.5, 0.6) is 0 Å². The summed E-state index contributed by atoms with van der Waals surface area (Å²) in [4.78, 5) is 23.7. The summed E-state index contributed by atoms with van der Waals surface area (Å²) in [6, 6.07) is -1.10. The van der Waals surface area contributed by atoms with E-state index in [2.05, 4.69) is 5.32 Å². The van der Waals surface area contributed by atoms with E-state index >= 15 is 0 Å². The van der Waals surface area contributed by atoms with E-state index in [-0.39, 0.29) is 6.04 Å². The van der Waals surface area contributed by atoms with Gasteiger partial charge in [0, 0.05) is 12.6 Å². The summed E-state index contributed by atoms with van der Waals surface area (Å²) in [5.74, 6) is -0.409. The Bertz CT molecular complexity index is 230. The van der Waals surface area contributed by atoms with Gasteiger partial charge in [0.05, 0.1) is 6.04 Å². The lowest BCUT2D eigenvalue weighted by atomic mass is 10.2. The first kappa shape index (κ1) is 13.9. The van der Waals surface area contributed by atoms with E-state index in [1.165, 1.54) is 0 Å². The van der Waals surface area contributed by atoms with Gasteiger partial charge in [-0.05, 0) is 27.9 Å². The van der Waals surface area contributed by atoms with Crippen LogP contribution in [0.25, 0.3) is 0 Å². The second kappa shape index (κ2) is 6.36. The number of hydrogen-bond acceptors (Lipinski definition) is 4. The van der Waals surface area contributed by atoms with Crippen molar-refractivity contribution in [2.75, 3.05) is 20.6 Å². The van der Waals surface area contributed by atoms with Gasteiger partial charge in [0.1, 0.15) is 0 Å². The second-order valence-corrected chi connectivity index (χ2v) is 3.91. The predicted octanol–water partition coefficient (Wildman–Crippen LogP) is -0.890. The molecule has 0 fully saturated rings. The molecule has 0 spiro atoms. The molecule has 0 aliphatic carbocycles. The molecule has 4 N–H and O–H groups in total. The molecule has 2 unspecified atom stereocenters. The number of nitrogens with zero attached hydrogens (tertiary/aromatic N) is 1. The molecule has 15 heavy (non-hydrogen) atoms. The summed E-state index contributed by atoms with van der Waals surface area (Å²) >= 11 is 0. The van der Waals surface area contributed by atoms with Crippen molar-refractivity contribution in [3.63, 3.8) is 0 Å². The Kier molecular flexibility index (Phi) is 5.88. The fourth-order valence-electron chi connectivity index (χ4n) is 1.33. The molecule has 0 aromatic carbocycles. The quantitative estimate of drug-likeness (QED) is 0.556. The van der Waals surface area contributed by atoms with Crippen LogP contribution in [-0.4, -0.2) is 49.6 Å². The Labute approximate surface area is 90.2 Å². The standard InChI is InChI=1S/C9H20N4O2/c1-6(5-13(3)4)11-7(2)8(14)12-9(10)15/h6-7,11H,5H2,1-4H3,(H3,10,12,14,15). The van der Waals surface area contributed by atoms with Crippen molar-refractivity contribution in [1.29, 1.82) is 0 Å². The Morgan fingerprint density at radius 3 is 2.27 bits per heavy atom. The molecule has 0 aliphatic heterocycles. The van der Waals surface area contributed by atoms with Crippen LogP contribution >= 0.6 is 0 Å². The van der Waals surface area contributed by atoms with Crippen molar-refractivity contribution in [1.82, 2.24) is 15.5 Å². The van der Waals surface area contributed by atoms with Crippen molar-refractivity contribution < 1.29 is 9.59 Å². The average molecular weight is 216 g/mol. The molecule has 0 heterocycles. The summed E-state index contributed by atoms with van der Waals surface area (Å²) in [7, 11) is 3.90. The number of amides is 3. The van der Waals surface area contributed by atoms with Crippen LogP contribution in [0, 0.1) is 0 Å². The van der Waals surface area contributed by atoms with Crippen molar-refractivity contribution in [3.05, 3.63) is 0 Å². The summed E-state index contributed by atoms with van der Waals surface area (Å²) in [6.45, 7) is 4.46. The molecular weight excluding hydrogens is 196 g/mol. The number of carbonyl (C=O) groups is 2. The van der Waals surface area contributed by atoms with Gasteiger partial charge in [-0.2, -0.15) is 0 Å². The van der Waals surface area contributed by atoms with E-state index in [0.29, 0.717) is 0 Å². The molecule has 6 heteroatoms. The largest absolute Gasteiger partial charge is 0.351 e. The molecule has 0 rings (SSSR count). The Hall–Kier alpha value is -1.14. The number of hydrogen-bond donors (Lipinski definition) is 3. The zero-order valence-corrected chi connectivity index (χ0v) is 9.70. The van der Waals surface area contributed by atoms with Gasteiger partial charge in [0.15, 0.2) is 0 Å². The predicted molar refractivity (Wildman–Crippen MR) is 58.3 cm³/mol. The maximum absolute atomic E-state index is 11.3. The van der Waals surface area contributed by atoms with Crippen molar-refractivity contribution in [3.8, 4) is 0 Å². The van der Waals surface area contributed by atoms with Crippen molar-refractivity contribution in [2.45, 2.75) is 25.9 Å². The zero-order chi connectivity index (χ0) is 12.0. The minimum absolute atomic E-state index is 0.161. The Balaban J connectivity index is 3.95. The van der Waals surface area contributed by atoms with Crippen LogP contribution in [0.4, 0.5) is 4.79 Å². The molecule has 0 aromatic heterocycles. The van der Waals surface area contributed by atoms with Crippen molar-refractivity contribution in [2.24, 2.45) is 5.73 Å². The van der Waals surface area contributed by atoms with Crippen LogP contribution in [0.2, 0.25) is 0 Å². The number of imide groups is 1. The topological polar surface area (TPSA) is 87.5 Å². The number of likely N-dealkylation sites (N-methyl/N-ethyl adjacent to an activating group) is 1. The SMILES string of the molecule is CC(CN(C)C)NC(C)C(=O)NC(N)=O. The monoisotopic (exact) mass is 216 g/mol. The molecule has 0 radical (unpaired) electrons. The van der Waals surface area contributed by atoms with Gasteiger partial charge < -0.3 is 16.0 Å². The van der Waals surface area contributed by atoms with Gasteiger partial charge >= 0.3 is 6.03 Å². The highest BCUT2D eigenvalue weighted by Gasteiger charge is 2.16. The van der Waals surface area contributed by atoms with Gasteiger partial charge in [-0.3, -0.25) is 10.1 Å². The van der Waals surface area contributed by atoms with E-state index in [0.717, 1.165) is 6.54 Å². The third kappa shape index (κ3) is 6.87. The van der Waals surface area contributed by atoms with Gasteiger partial charge in [-0.1, -0.05) is 0 Å². The van der Waals surface area contributed by atoms with E-state index in [1.807, 2.05) is 31.2 Å². The summed E-state index contributed by atoms with van der Waals surface area (Å²) < 4.78 is 0. The Morgan fingerprint density at radius 2 is 1.87 bits per heavy atom. The summed E-state index contributed by atoms with van der Waals surface area (Å²) in [5.41, 5.74) is 4.84. The smallest absolute Gasteiger partial charge is 0.318 e. The maximum atomic E-state index is 11.3. The van der Waals surface area contributed by atoms with Crippen LogP contribution in [0.3, 0.4) is 0 Å². The van der Waals surface area contributed by atoms with Gasteiger partial charge in [-0.25, -0.2) is 4.79 Å². The number of primary amides is 1. The molecule has 6 nitrogen and oxygen atoms in total. The number of nitrogens with two attached hydrogens (primary N) is 1. The molecule has 3 amide bonds. The highest BCUT2D eigenvalue weighted by atomic mass is 16.2. The summed E-state index contributed by atoms with van der Waals surface area (Å²) in [6.07, 6.45) is 0. The fraction of sp³-hybridized carbons (Fsp3) is 0.778. The molecule has 0 saturated heterocycles. The van der Waals surface area contributed by atoms with E-state index < -0.39 is 18.0 Å². The molecule has 0 aromatic rings. The average Bonchev–Trinajstić information content (AvgIpc) is 2.00. The first-order valence-corrected chi connectivity index (χ1v) is 4.84. The first-order chi connectivity index (χ1) is 6.82. The molecule has 2 atom stereocenters. The maximum Gasteiger partial charge on any atom is 0.318 e. The minimum Gasteiger partial charge on any atom is -0.351 e. The molecule has 88 valence electrons. The molecule has 0 aliphatic rings. The van der Waals surface area contributed by atoms with E-state index in [1.54, 1.807) is 6.92 Å². The lowest BCUT2D eigenvalue weighted by Gasteiger charge is -2.21. The third-order valence-electron chi connectivity index (χ3n) is 1.81. The lowest BCUT2D eigenvalue weighted by molar-refractivity contribution is -0.121. The number of carbonyl (C=O) groups excluding carboxylic acids is 2.